The number of nitrogens with one attached hydrogen (secondary N) is 2. The van der Waals surface area contributed by atoms with Crippen molar-refractivity contribution in [1.82, 2.24) is 10.2 Å². The van der Waals surface area contributed by atoms with Crippen LogP contribution in [0.3, 0.4) is 0 Å². The molecule has 1 heterocycles. The van der Waals surface area contributed by atoms with Crippen molar-refractivity contribution in [2.24, 2.45) is 0 Å². The first-order valence-corrected chi connectivity index (χ1v) is 17.8. The molecule has 1 saturated heterocycles. The predicted octanol–water partition coefficient (Wildman–Crippen LogP) is 5.88. The molecule has 4 aromatic rings. The van der Waals surface area contributed by atoms with Gasteiger partial charge in [-0.15, -0.1) is 0 Å². The number of ether oxygens (including phenoxy) is 2. The highest BCUT2D eigenvalue weighted by Crippen LogP contribution is 2.38. The van der Waals surface area contributed by atoms with E-state index in [4.69, 9.17) is 15.2 Å². The lowest BCUT2D eigenvalue weighted by atomic mass is 9.99. The number of hydrogen-bond acceptors (Lipinski definition) is 9. The minimum absolute atomic E-state index is 0.0362. The van der Waals surface area contributed by atoms with Crippen molar-refractivity contribution in [3.63, 3.8) is 0 Å². The number of nitrogens with two attached hydrogens (primary N) is 1. The lowest BCUT2D eigenvalue weighted by Gasteiger charge is -2.38. The number of phenolic OH excluding ortho intramolecular Hbond substituents is 1. The largest absolute Gasteiger partial charge is 0.508 e. The summed E-state index contributed by atoms with van der Waals surface area (Å²) in [6, 6.07) is 29.3. The average molecular weight is 711 g/mol. The lowest BCUT2D eigenvalue weighted by Crippen LogP contribution is -2.39. The Morgan fingerprint density at radius 2 is 1.56 bits per heavy atom. The zero-order valence-electron chi connectivity index (χ0n) is 29.6. The van der Waals surface area contributed by atoms with Crippen LogP contribution in [0.4, 0.5) is 11.4 Å². The molecule has 4 aromatic carbocycles. The van der Waals surface area contributed by atoms with E-state index in [0.717, 1.165) is 28.7 Å². The SMILES string of the molecule is CN(C[C@H]1C[C@@H](c2ccc(CO)cc2)O[C@@H](c2ccc(CNC(=O)CCCCCC(=O)Nc3ccccc3N)cc2)O1)C[C@@H](O)c1cccc(O)c1. The summed E-state index contributed by atoms with van der Waals surface area (Å²) in [5, 5.41) is 36.0. The first-order chi connectivity index (χ1) is 25.2. The fourth-order valence-corrected chi connectivity index (χ4v) is 6.24. The highest BCUT2D eigenvalue weighted by Gasteiger charge is 2.33. The van der Waals surface area contributed by atoms with Crippen LogP contribution in [0.15, 0.2) is 97.1 Å². The molecule has 7 N–H and O–H groups in total. The molecule has 0 spiro atoms. The smallest absolute Gasteiger partial charge is 0.224 e. The standard InChI is InChI=1S/C41H50N4O7/c1-45(26-37(48)32-8-7-9-33(47)22-32)25-34-23-38(30-18-16-29(27-46)17-19-30)52-41(51-34)31-20-14-28(15-21-31)24-43-39(49)12-3-2-4-13-40(50)44-36-11-6-5-10-35(36)42/h5-11,14-22,34,37-38,41,46-48H,2-4,12-13,23-27,42H2,1H3,(H,43,49)(H,44,50)/t34-,37-,38+,41+/m1/s1. The van der Waals surface area contributed by atoms with Gasteiger partial charge in [0.2, 0.25) is 11.8 Å². The molecule has 0 radical (unpaired) electrons. The number of hydrogen-bond donors (Lipinski definition) is 6. The molecule has 1 aliphatic rings. The van der Waals surface area contributed by atoms with Crippen LogP contribution in [0.1, 0.15) is 84.8 Å². The maximum atomic E-state index is 12.5. The van der Waals surface area contributed by atoms with E-state index in [0.29, 0.717) is 68.7 Å². The summed E-state index contributed by atoms with van der Waals surface area (Å²) in [6.45, 7) is 1.25. The number of para-hydroxylation sites is 2. The molecule has 0 aliphatic carbocycles. The summed E-state index contributed by atoms with van der Waals surface area (Å²) in [4.78, 5) is 26.7. The Hall–Kier alpha value is -4.78. The fourth-order valence-electron chi connectivity index (χ4n) is 6.24. The zero-order chi connectivity index (χ0) is 36.9. The maximum absolute atomic E-state index is 12.5. The van der Waals surface area contributed by atoms with E-state index < -0.39 is 12.4 Å². The summed E-state index contributed by atoms with van der Waals surface area (Å²) in [5.41, 5.74) is 11.3. The van der Waals surface area contributed by atoms with Gasteiger partial charge in [0, 0.05) is 44.5 Å². The molecule has 0 bridgehead atoms. The van der Waals surface area contributed by atoms with Gasteiger partial charge in [0.25, 0.3) is 0 Å². The van der Waals surface area contributed by atoms with E-state index in [1.807, 2.05) is 72.6 Å². The van der Waals surface area contributed by atoms with E-state index >= 15 is 0 Å². The molecule has 1 aliphatic heterocycles. The van der Waals surface area contributed by atoms with Gasteiger partial charge in [-0.25, -0.2) is 0 Å². The van der Waals surface area contributed by atoms with Gasteiger partial charge in [0.05, 0.1) is 36.3 Å². The van der Waals surface area contributed by atoms with Crippen molar-refractivity contribution in [3.8, 4) is 5.75 Å². The molecule has 276 valence electrons. The number of carbonyl (C=O) groups is 2. The van der Waals surface area contributed by atoms with Gasteiger partial charge in [-0.1, -0.05) is 79.2 Å². The van der Waals surface area contributed by atoms with Gasteiger partial charge < -0.3 is 46.1 Å². The van der Waals surface area contributed by atoms with Crippen LogP contribution in [0.5, 0.6) is 5.75 Å². The van der Waals surface area contributed by atoms with E-state index in [9.17, 15) is 24.9 Å². The highest BCUT2D eigenvalue weighted by atomic mass is 16.7. The van der Waals surface area contributed by atoms with Crippen molar-refractivity contribution in [3.05, 3.63) is 125 Å². The molecule has 0 unspecified atom stereocenters. The topological polar surface area (TPSA) is 167 Å². The van der Waals surface area contributed by atoms with Crippen LogP contribution in [0.25, 0.3) is 0 Å². The Morgan fingerprint density at radius 3 is 2.27 bits per heavy atom. The van der Waals surface area contributed by atoms with Gasteiger partial charge >= 0.3 is 0 Å². The number of anilines is 2. The second kappa shape index (κ2) is 19.2. The van der Waals surface area contributed by atoms with E-state index in [1.165, 1.54) is 0 Å². The number of aliphatic hydroxyl groups excluding tert-OH is 2. The molecule has 52 heavy (non-hydrogen) atoms. The number of aliphatic hydroxyl groups is 2. The summed E-state index contributed by atoms with van der Waals surface area (Å²) in [7, 11) is 1.93. The van der Waals surface area contributed by atoms with Crippen molar-refractivity contribution in [1.29, 1.82) is 0 Å². The minimum Gasteiger partial charge on any atom is -0.508 e. The molecule has 0 aromatic heterocycles. The van der Waals surface area contributed by atoms with Crippen LogP contribution >= 0.6 is 0 Å². The summed E-state index contributed by atoms with van der Waals surface area (Å²) >= 11 is 0. The minimum atomic E-state index is -0.776. The van der Waals surface area contributed by atoms with Gasteiger partial charge in [-0.2, -0.15) is 0 Å². The molecule has 4 atom stereocenters. The predicted molar refractivity (Wildman–Crippen MR) is 200 cm³/mol. The number of carbonyl (C=O) groups excluding carboxylic acids is 2. The number of benzene rings is 4. The molecule has 2 amide bonds. The monoisotopic (exact) mass is 710 g/mol. The van der Waals surface area contributed by atoms with Crippen molar-refractivity contribution >= 4 is 23.2 Å². The number of aromatic hydroxyl groups is 1. The Labute approximate surface area is 305 Å². The van der Waals surface area contributed by atoms with Crippen LogP contribution in [-0.2, 0) is 32.2 Å². The Morgan fingerprint density at radius 1 is 0.865 bits per heavy atom. The Balaban J connectivity index is 1.10. The van der Waals surface area contributed by atoms with Crippen LogP contribution in [0, 0.1) is 0 Å². The molecule has 11 nitrogen and oxygen atoms in total. The number of phenols is 1. The third-order valence-electron chi connectivity index (χ3n) is 9.15. The van der Waals surface area contributed by atoms with Gasteiger partial charge in [0.1, 0.15) is 5.75 Å². The van der Waals surface area contributed by atoms with Gasteiger partial charge in [-0.05, 0) is 66.4 Å². The quantitative estimate of drug-likeness (QED) is 0.0579. The zero-order valence-corrected chi connectivity index (χ0v) is 29.6. The van der Waals surface area contributed by atoms with Crippen LogP contribution in [0.2, 0.25) is 0 Å². The molecule has 1 fully saturated rings. The number of rotatable bonds is 17. The van der Waals surface area contributed by atoms with E-state index in [2.05, 4.69) is 10.6 Å². The number of amides is 2. The third kappa shape index (κ3) is 11.6. The Bertz CT molecular complexity index is 1730. The molecular formula is C41H50N4O7. The fraction of sp³-hybridized carbons (Fsp3) is 0.366. The number of nitrogen functional groups attached to an aromatic ring is 1. The van der Waals surface area contributed by atoms with E-state index in [1.54, 1.807) is 36.4 Å². The van der Waals surface area contributed by atoms with Gasteiger partial charge in [-0.3, -0.25) is 9.59 Å². The van der Waals surface area contributed by atoms with E-state index in [-0.39, 0.29) is 36.4 Å². The van der Waals surface area contributed by atoms with Gasteiger partial charge in [0.15, 0.2) is 6.29 Å². The summed E-state index contributed by atoms with van der Waals surface area (Å²) in [6.07, 6.45) is 1.62. The van der Waals surface area contributed by atoms with Crippen LogP contribution in [-0.4, -0.2) is 58.3 Å². The number of nitrogens with zero attached hydrogens (tertiary/aromatic N) is 1. The lowest BCUT2D eigenvalue weighted by molar-refractivity contribution is -0.252. The molecule has 5 rings (SSSR count). The summed E-state index contributed by atoms with van der Waals surface area (Å²) in [5.74, 6) is -0.0220. The summed E-state index contributed by atoms with van der Waals surface area (Å²) < 4.78 is 13.0. The molecule has 0 saturated carbocycles. The second-order valence-corrected chi connectivity index (χ2v) is 13.4. The number of likely N-dealkylation sites (N-methyl/N-ethyl adjacent to an activating group) is 1. The molecule has 11 heteroatoms. The molecular weight excluding hydrogens is 660 g/mol. The Kier molecular flexibility index (Phi) is 14.2. The van der Waals surface area contributed by atoms with Crippen molar-refractivity contribution in [2.45, 2.75) is 76.3 Å². The highest BCUT2D eigenvalue weighted by molar-refractivity contribution is 5.93. The first kappa shape index (κ1) is 38.5. The normalized spacial score (nSPS) is 17.8. The maximum Gasteiger partial charge on any atom is 0.224 e. The van der Waals surface area contributed by atoms with Crippen LogP contribution < -0.4 is 16.4 Å². The van der Waals surface area contributed by atoms with Crippen molar-refractivity contribution in [2.75, 3.05) is 31.2 Å². The first-order valence-electron chi connectivity index (χ1n) is 17.8. The van der Waals surface area contributed by atoms with Crippen molar-refractivity contribution < 1.29 is 34.4 Å². The third-order valence-corrected chi connectivity index (χ3v) is 9.15. The number of unbranched alkanes of at least 4 members (excludes halogenated alkanes) is 2. The second-order valence-electron chi connectivity index (χ2n) is 13.4. The average Bonchev–Trinajstić information content (AvgIpc) is 3.15.